The molecule has 0 saturated heterocycles. The van der Waals surface area contributed by atoms with Gasteiger partial charge in [-0.2, -0.15) is 0 Å². The van der Waals surface area contributed by atoms with Crippen molar-refractivity contribution in [1.82, 2.24) is 10.3 Å². The van der Waals surface area contributed by atoms with Crippen LogP contribution in [-0.2, 0) is 0 Å². The smallest absolute Gasteiger partial charge is 0.263 e. The molecule has 5 heteroatoms. The molecule has 0 aliphatic rings. The van der Waals surface area contributed by atoms with Crippen molar-refractivity contribution in [3.8, 4) is 10.6 Å². The van der Waals surface area contributed by atoms with Crippen LogP contribution in [0.3, 0.4) is 0 Å². The summed E-state index contributed by atoms with van der Waals surface area (Å²) in [6.45, 7) is 5.72. The van der Waals surface area contributed by atoms with Crippen LogP contribution in [0, 0.1) is 5.82 Å². The predicted octanol–water partition coefficient (Wildman–Crippen LogP) is 3.48. The average Bonchev–Trinajstić information content (AvgIpc) is 2.76. The molecule has 0 radical (unpaired) electrons. The summed E-state index contributed by atoms with van der Waals surface area (Å²) in [6, 6.07) is 6.40. The molecule has 1 heterocycles. The molecule has 0 unspecified atom stereocenters. The summed E-state index contributed by atoms with van der Waals surface area (Å²) < 4.78 is 13.6. The minimum absolute atomic E-state index is 0.187. The second-order valence-corrected chi connectivity index (χ2v) is 6.24. The summed E-state index contributed by atoms with van der Waals surface area (Å²) in [5.41, 5.74) is 0.112. The van der Waals surface area contributed by atoms with Crippen molar-refractivity contribution >= 4 is 17.2 Å². The van der Waals surface area contributed by atoms with Gasteiger partial charge in [-0.15, -0.1) is 11.3 Å². The monoisotopic (exact) mass is 278 g/mol. The molecule has 0 spiro atoms. The van der Waals surface area contributed by atoms with E-state index in [0.717, 1.165) is 0 Å². The first kappa shape index (κ1) is 13.7. The van der Waals surface area contributed by atoms with Gasteiger partial charge in [0, 0.05) is 11.1 Å². The molecule has 0 bridgehead atoms. The maximum atomic E-state index is 13.6. The number of rotatable bonds is 2. The summed E-state index contributed by atoms with van der Waals surface area (Å²) in [6.07, 6.45) is 1.48. The highest BCUT2D eigenvalue weighted by atomic mass is 32.1. The number of carbonyl (C=O) groups is 1. The van der Waals surface area contributed by atoms with Crippen molar-refractivity contribution in [2.24, 2.45) is 0 Å². The first-order valence-corrected chi connectivity index (χ1v) is 6.72. The second kappa shape index (κ2) is 5.09. The van der Waals surface area contributed by atoms with E-state index in [1.54, 1.807) is 18.2 Å². The number of hydrogen-bond donors (Lipinski definition) is 1. The lowest BCUT2D eigenvalue weighted by molar-refractivity contribution is 0.0923. The number of aromatic nitrogens is 1. The summed E-state index contributed by atoms with van der Waals surface area (Å²) in [7, 11) is 0. The van der Waals surface area contributed by atoms with Crippen LogP contribution in [0.2, 0.25) is 0 Å². The van der Waals surface area contributed by atoms with E-state index in [1.807, 2.05) is 20.8 Å². The van der Waals surface area contributed by atoms with E-state index < -0.39 is 0 Å². The summed E-state index contributed by atoms with van der Waals surface area (Å²) in [5.74, 6) is -0.521. The standard InChI is InChI=1S/C14H15FN2OS/c1-14(2,3)17-12(18)11-8-16-13(19-11)9-6-4-5-7-10(9)15/h4-8H,1-3H3,(H,17,18). The van der Waals surface area contributed by atoms with Crippen LogP contribution in [0.15, 0.2) is 30.5 Å². The molecule has 0 atom stereocenters. The molecule has 19 heavy (non-hydrogen) atoms. The Morgan fingerprint density at radius 1 is 1.32 bits per heavy atom. The maximum absolute atomic E-state index is 13.6. The summed E-state index contributed by atoms with van der Waals surface area (Å²) in [4.78, 5) is 16.6. The molecule has 1 amide bonds. The van der Waals surface area contributed by atoms with Crippen molar-refractivity contribution in [3.63, 3.8) is 0 Å². The molecule has 0 aliphatic carbocycles. The molecule has 2 aromatic rings. The number of thiazole rings is 1. The first-order chi connectivity index (χ1) is 8.87. The van der Waals surface area contributed by atoms with Crippen molar-refractivity contribution in [3.05, 3.63) is 41.2 Å². The van der Waals surface area contributed by atoms with Gasteiger partial charge in [0.25, 0.3) is 5.91 Å². The van der Waals surface area contributed by atoms with E-state index >= 15 is 0 Å². The molecule has 1 N–H and O–H groups in total. The molecule has 0 saturated carbocycles. The lowest BCUT2D eigenvalue weighted by Crippen LogP contribution is -2.40. The number of hydrogen-bond acceptors (Lipinski definition) is 3. The Balaban J connectivity index is 2.25. The van der Waals surface area contributed by atoms with Gasteiger partial charge in [-0.25, -0.2) is 9.37 Å². The Morgan fingerprint density at radius 2 is 2.00 bits per heavy atom. The molecule has 0 aliphatic heterocycles. The fraction of sp³-hybridized carbons (Fsp3) is 0.286. The van der Waals surface area contributed by atoms with Crippen LogP contribution >= 0.6 is 11.3 Å². The fourth-order valence-corrected chi connectivity index (χ4v) is 2.38. The van der Waals surface area contributed by atoms with Crippen LogP contribution in [0.5, 0.6) is 0 Å². The van der Waals surface area contributed by atoms with Crippen LogP contribution in [0.1, 0.15) is 30.4 Å². The van der Waals surface area contributed by atoms with Gasteiger partial charge in [0.15, 0.2) is 0 Å². The van der Waals surface area contributed by atoms with Gasteiger partial charge in [-0.3, -0.25) is 4.79 Å². The van der Waals surface area contributed by atoms with Gasteiger partial charge >= 0.3 is 0 Å². The van der Waals surface area contributed by atoms with E-state index in [0.29, 0.717) is 15.4 Å². The minimum atomic E-state index is -0.334. The van der Waals surface area contributed by atoms with Crippen molar-refractivity contribution in [2.75, 3.05) is 0 Å². The highest BCUT2D eigenvalue weighted by Gasteiger charge is 2.18. The van der Waals surface area contributed by atoms with Gasteiger partial charge in [0.1, 0.15) is 15.7 Å². The molecular weight excluding hydrogens is 263 g/mol. The minimum Gasteiger partial charge on any atom is -0.347 e. The number of benzene rings is 1. The Hall–Kier alpha value is -1.75. The fourth-order valence-electron chi connectivity index (χ4n) is 1.54. The van der Waals surface area contributed by atoms with Crippen LogP contribution in [-0.4, -0.2) is 16.4 Å². The lowest BCUT2D eigenvalue weighted by Gasteiger charge is -2.19. The van der Waals surface area contributed by atoms with Crippen molar-refractivity contribution in [1.29, 1.82) is 0 Å². The largest absolute Gasteiger partial charge is 0.347 e. The van der Waals surface area contributed by atoms with E-state index in [1.165, 1.54) is 23.6 Å². The second-order valence-electron chi connectivity index (χ2n) is 5.21. The van der Waals surface area contributed by atoms with E-state index in [4.69, 9.17) is 0 Å². The normalized spacial score (nSPS) is 11.4. The van der Waals surface area contributed by atoms with Crippen LogP contribution in [0.25, 0.3) is 10.6 Å². The zero-order valence-electron chi connectivity index (χ0n) is 11.0. The Labute approximate surface area is 115 Å². The Morgan fingerprint density at radius 3 is 2.63 bits per heavy atom. The third-order valence-electron chi connectivity index (χ3n) is 2.32. The topological polar surface area (TPSA) is 42.0 Å². The summed E-state index contributed by atoms with van der Waals surface area (Å²) in [5, 5.41) is 3.36. The SMILES string of the molecule is CC(C)(C)NC(=O)c1cnc(-c2ccccc2F)s1. The lowest BCUT2D eigenvalue weighted by atomic mass is 10.1. The summed E-state index contributed by atoms with van der Waals surface area (Å²) >= 11 is 1.19. The van der Waals surface area contributed by atoms with Gasteiger partial charge in [-0.05, 0) is 32.9 Å². The van der Waals surface area contributed by atoms with Crippen LogP contribution < -0.4 is 5.32 Å². The van der Waals surface area contributed by atoms with Crippen LogP contribution in [0.4, 0.5) is 4.39 Å². The van der Waals surface area contributed by atoms with E-state index in [-0.39, 0.29) is 17.3 Å². The Bertz CT molecular complexity index is 601. The van der Waals surface area contributed by atoms with Gasteiger partial charge in [0.05, 0.1) is 6.20 Å². The average molecular weight is 278 g/mol. The predicted molar refractivity (Wildman–Crippen MR) is 74.7 cm³/mol. The zero-order valence-corrected chi connectivity index (χ0v) is 11.8. The number of halogens is 1. The quantitative estimate of drug-likeness (QED) is 0.913. The highest BCUT2D eigenvalue weighted by Crippen LogP contribution is 2.27. The zero-order chi connectivity index (χ0) is 14.0. The van der Waals surface area contributed by atoms with Gasteiger partial charge in [-0.1, -0.05) is 12.1 Å². The third kappa shape index (κ3) is 3.38. The van der Waals surface area contributed by atoms with Crippen molar-refractivity contribution < 1.29 is 9.18 Å². The number of amides is 1. The van der Waals surface area contributed by atoms with Gasteiger partial charge in [0.2, 0.25) is 0 Å². The van der Waals surface area contributed by atoms with E-state index in [9.17, 15) is 9.18 Å². The first-order valence-electron chi connectivity index (χ1n) is 5.90. The molecule has 0 fully saturated rings. The van der Waals surface area contributed by atoms with E-state index in [2.05, 4.69) is 10.3 Å². The number of carbonyl (C=O) groups excluding carboxylic acids is 1. The molecule has 3 nitrogen and oxygen atoms in total. The molecule has 2 rings (SSSR count). The highest BCUT2D eigenvalue weighted by molar-refractivity contribution is 7.16. The Kier molecular flexibility index (Phi) is 3.66. The van der Waals surface area contributed by atoms with Gasteiger partial charge < -0.3 is 5.32 Å². The molecule has 100 valence electrons. The number of nitrogens with zero attached hydrogens (tertiary/aromatic N) is 1. The molecule has 1 aromatic heterocycles. The third-order valence-corrected chi connectivity index (χ3v) is 3.35. The molecule has 1 aromatic carbocycles. The molecular formula is C14H15FN2OS. The van der Waals surface area contributed by atoms with Crippen molar-refractivity contribution in [2.45, 2.75) is 26.3 Å². The maximum Gasteiger partial charge on any atom is 0.263 e. The number of nitrogens with one attached hydrogen (secondary N) is 1.